The second-order valence-corrected chi connectivity index (χ2v) is 7.73. The second kappa shape index (κ2) is 5.28. The first-order chi connectivity index (χ1) is 11.7. The van der Waals surface area contributed by atoms with Crippen molar-refractivity contribution in [2.24, 2.45) is 11.8 Å². The lowest BCUT2D eigenvalue weighted by atomic mass is 9.81. The average molecular weight is 361 g/mol. The lowest BCUT2D eigenvalue weighted by molar-refractivity contribution is 0.0418. The first-order valence-electron chi connectivity index (χ1n) is 8.30. The summed E-state index contributed by atoms with van der Waals surface area (Å²) in [5, 5.41) is 1.20. The standard InChI is InChI=1S/C18H17ClN2O2S/c19-14-5-2-11(3-6-14)16-18(23-16)13-4-1-12(9-13)15(18)22-17(24)21-8-7-20-10-21/h2-3,5-8,10,12-13,15-16H,1,4,9H2/t12-,13+,15-,16-,18-/m0/s1. The quantitative estimate of drug-likeness (QED) is 0.599. The number of nitrogens with zero attached hydrogens (tertiary/aromatic N) is 2. The monoisotopic (exact) mass is 360 g/mol. The molecule has 6 heteroatoms. The fraction of sp³-hybridized carbons (Fsp3) is 0.444. The normalized spacial score (nSPS) is 36.2. The zero-order chi connectivity index (χ0) is 16.3. The molecule has 0 radical (unpaired) electrons. The minimum absolute atomic E-state index is 0.0202. The maximum absolute atomic E-state index is 6.30. The summed E-state index contributed by atoms with van der Waals surface area (Å²) in [6, 6.07) is 7.95. The predicted octanol–water partition coefficient (Wildman–Crippen LogP) is 3.99. The number of benzene rings is 1. The zero-order valence-corrected chi connectivity index (χ0v) is 14.5. The van der Waals surface area contributed by atoms with Crippen LogP contribution < -0.4 is 0 Å². The van der Waals surface area contributed by atoms with Gasteiger partial charge in [0.15, 0.2) is 0 Å². The van der Waals surface area contributed by atoms with E-state index in [4.69, 9.17) is 33.3 Å². The number of imidazole rings is 1. The number of rotatable bonds is 2. The van der Waals surface area contributed by atoms with Crippen molar-refractivity contribution in [3.8, 4) is 0 Å². The molecule has 1 saturated heterocycles. The Kier molecular flexibility index (Phi) is 3.27. The largest absolute Gasteiger partial charge is 0.464 e. The molecule has 5 rings (SSSR count). The van der Waals surface area contributed by atoms with Crippen molar-refractivity contribution < 1.29 is 9.47 Å². The van der Waals surface area contributed by atoms with Crippen LogP contribution in [0.4, 0.5) is 0 Å². The van der Waals surface area contributed by atoms with E-state index in [-0.39, 0.29) is 17.8 Å². The topological polar surface area (TPSA) is 39.6 Å². The van der Waals surface area contributed by atoms with Crippen LogP contribution in [-0.2, 0) is 9.47 Å². The van der Waals surface area contributed by atoms with Gasteiger partial charge in [-0.05, 0) is 61.0 Å². The Morgan fingerprint density at radius 2 is 2.17 bits per heavy atom. The highest BCUT2D eigenvalue weighted by atomic mass is 35.5. The summed E-state index contributed by atoms with van der Waals surface area (Å²) in [6.07, 6.45) is 8.87. The van der Waals surface area contributed by atoms with E-state index >= 15 is 0 Å². The maximum atomic E-state index is 6.30. The molecular weight excluding hydrogens is 344 g/mol. The minimum atomic E-state index is -0.221. The van der Waals surface area contributed by atoms with E-state index in [1.54, 1.807) is 17.1 Å². The van der Waals surface area contributed by atoms with Gasteiger partial charge in [0.25, 0.3) is 5.17 Å². The molecule has 2 heterocycles. The second-order valence-electron chi connectivity index (χ2n) is 6.95. The van der Waals surface area contributed by atoms with Crippen LogP contribution in [0.1, 0.15) is 30.9 Å². The van der Waals surface area contributed by atoms with Gasteiger partial charge in [0.05, 0.1) is 0 Å². The molecule has 0 amide bonds. The van der Waals surface area contributed by atoms with Crippen molar-refractivity contribution in [2.75, 3.05) is 0 Å². The van der Waals surface area contributed by atoms with Crippen LogP contribution in [0, 0.1) is 11.8 Å². The highest BCUT2D eigenvalue weighted by Gasteiger charge is 2.74. The van der Waals surface area contributed by atoms with Gasteiger partial charge in [-0.2, -0.15) is 0 Å². The molecule has 3 aliphatic rings. The maximum Gasteiger partial charge on any atom is 0.269 e. The van der Waals surface area contributed by atoms with Gasteiger partial charge in [0, 0.05) is 17.4 Å². The summed E-state index contributed by atoms with van der Waals surface area (Å²) >= 11 is 11.5. The summed E-state index contributed by atoms with van der Waals surface area (Å²) in [7, 11) is 0. The first-order valence-corrected chi connectivity index (χ1v) is 9.09. The zero-order valence-electron chi connectivity index (χ0n) is 13.0. The number of ether oxygens (including phenoxy) is 2. The number of thiocarbonyl (C=S) groups is 1. The number of hydrogen-bond acceptors (Lipinski definition) is 4. The Balaban J connectivity index is 1.42. The molecule has 0 N–H and O–H groups in total. The molecule has 5 atom stereocenters. The molecular formula is C18H17ClN2O2S. The first kappa shape index (κ1) is 14.9. The van der Waals surface area contributed by atoms with E-state index in [1.165, 1.54) is 24.8 Å². The van der Waals surface area contributed by atoms with Gasteiger partial charge >= 0.3 is 0 Å². The highest BCUT2D eigenvalue weighted by Crippen LogP contribution is 2.68. The number of epoxide rings is 1. The number of halogens is 1. The van der Waals surface area contributed by atoms with E-state index in [1.807, 2.05) is 18.3 Å². The van der Waals surface area contributed by atoms with Gasteiger partial charge in [-0.3, -0.25) is 4.57 Å². The summed E-state index contributed by atoms with van der Waals surface area (Å²) in [5.74, 6) is 1.08. The van der Waals surface area contributed by atoms with Crippen molar-refractivity contribution in [3.05, 3.63) is 53.6 Å². The Labute approximate surface area is 150 Å². The smallest absolute Gasteiger partial charge is 0.269 e. The Bertz CT molecular complexity index is 779. The van der Waals surface area contributed by atoms with E-state index < -0.39 is 0 Å². The fourth-order valence-corrected chi connectivity index (χ4v) is 5.03. The van der Waals surface area contributed by atoms with Crippen LogP contribution in [0.5, 0.6) is 0 Å². The Hall–Kier alpha value is -1.43. The van der Waals surface area contributed by atoms with Crippen molar-refractivity contribution in [3.63, 3.8) is 0 Å². The van der Waals surface area contributed by atoms with Crippen molar-refractivity contribution >= 4 is 29.0 Å². The lowest BCUT2D eigenvalue weighted by Gasteiger charge is -2.29. The molecule has 1 aromatic heterocycles. The van der Waals surface area contributed by atoms with Crippen LogP contribution >= 0.6 is 23.8 Å². The number of fused-ring (bicyclic) bond motifs is 3. The molecule has 1 aromatic carbocycles. The summed E-state index contributed by atoms with van der Waals surface area (Å²) in [4.78, 5) is 4.04. The van der Waals surface area contributed by atoms with Crippen LogP contribution in [0.15, 0.2) is 43.0 Å². The molecule has 124 valence electrons. The fourth-order valence-electron chi connectivity index (χ4n) is 4.69. The molecule has 1 aliphatic heterocycles. The number of hydrogen-bond donors (Lipinski definition) is 0. The lowest BCUT2D eigenvalue weighted by Crippen LogP contribution is -2.41. The molecule has 4 nitrogen and oxygen atoms in total. The number of aromatic nitrogens is 2. The van der Waals surface area contributed by atoms with Crippen LogP contribution in [-0.4, -0.2) is 26.4 Å². The Morgan fingerprint density at radius 3 is 2.92 bits per heavy atom. The predicted molar refractivity (Wildman–Crippen MR) is 93.9 cm³/mol. The van der Waals surface area contributed by atoms with Gasteiger partial charge in [-0.25, -0.2) is 4.98 Å². The minimum Gasteiger partial charge on any atom is -0.464 e. The average Bonchev–Trinajstić information content (AvgIpc) is 3.01. The van der Waals surface area contributed by atoms with E-state index in [0.717, 1.165) is 5.02 Å². The van der Waals surface area contributed by atoms with E-state index in [0.29, 0.717) is 17.0 Å². The van der Waals surface area contributed by atoms with Gasteiger partial charge in [-0.15, -0.1) is 0 Å². The van der Waals surface area contributed by atoms with Gasteiger partial charge < -0.3 is 9.47 Å². The third-order valence-electron chi connectivity index (χ3n) is 5.77. The van der Waals surface area contributed by atoms with Crippen molar-refractivity contribution in [1.29, 1.82) is 0 Å². The van der Waals surface area contributed by atoms with Crippen LogP contribution in [0.3, 0.4) is 0 Å². The molecule has 2 bridgehead atoms. The van der Waals surface area contributed by atoms with Gasteiger partial charge in [0.1, 0.15) is 24.1 Å². The molecule has 2 aliphatic carbocycles. The molecule has 2 saturated carbocycles. The van der Waals surface area contributed by atoms with E-state index in [9.17, 15) is 0 Å². The SMILES string of the molecule is S=C(O[C@H]1[C@H]2CC[C@H](C2)[C@]12O[C@H]2c1ccc(Cl)cc1)n1ccnc1. The molecule has 2 aromatic rings. The summed E-state index contributed by atoms with van der Waals surface area (Å²) in [5.41, 5.74) is 0.954. The third kappa shape index (κ3) is 2.08. The summed E-state index contributed by atoms with van der Waals surface area (Å²) in [6.45, 7) is 0. The summed E-state index contributed by atoms with van der Waals surface area (Å²) < 4.78 is 14.3. The van der Waals surface area contributed by atoms with Gasteiger partial charge in [-0.1, -0.05) is 23.7 Å². The molecule has 0 unspecified atom stereocenters. The molecule has 1 spiro atoms. The van der Waals surface area contributed by atoms with Crippen molar-refractivity contribution in [2.45, 2.75) is 37.1 Å². The van der Waals surface area contributed by atoms with Crippen molar-refractivity contribution in [1.82, 2.24) is 9.55 Å². The third-order valence-corrected chi connectivity index (χ3v) is 6.33. The van der Waals surface area contributed by atoms with Crippen LogP contribution in [0.25, 0.3) is 0 Å². The van der Waals surface area contributed by atoms with E-state index in [2.05, 4.69) is 17.1 Å². The van der Waals surface area contributed by atoms with Crippen LogP contribution in [0.2, 0.25) is 5.02 Å². The highest BCUT2D eigenvalue weighted by molar-refractivity contribution is 7.80. The molecule has 3 fully saturated rings. The van der Waals surface area contributed by atoms with Gasteiger partial charge in [0.2, 0.25) is 0 Å². The molecule has 24 heavy (non-hydrogen) atoms. The Morgan fingerprint density at radius 1 is 1.33 bits per heavy atom.